The molecule has 0 fully saturated rings. The third kappa shape index (κ3) is 4.28. The zero-order valence-corrected chi connectivity index (χ0v) is 15.4. The van der Waals surface area contributed by atoms with Gasteiger partial charge in [-0.1, -0.05) is 30.3 Å². The van der Waals surface area contributed by atoms with Crippen LogP contribution in [0.15, 0.2) is 42.5 Å². The topological polar surface area (TPSA) is 79.2 Å². The molecule has 0 aromatic heterocycles. The minimum atomic E-state index is -1.35. The Balaban J connectivity index is 2.10. The molecular weight excluding hydrogens is 328 g/mol. The first-order chi connectivity index (χ1) is 12.3. The third-order valence-electron chi connectivity index (χ3n) is 4.19. The van der Waals surface area contributed by atoms with E-state index in [1.165, 1.54) is 13.8 Å². The molecule has 0 saturated carbocycles. The number of nitriles is 1. The Bertz CT molecular complexity index is 842. The van der Waals surface area contributed by atoms with Gasteiger partial charge >= 0.3 is 5.97 Å². The summed E-state index contributed by atoms with van der Waals surface area (Å²) in [6.45, 7) is 6.80. The lowest BCUT2D eigenvalue weighted by Gasteiger charge is -2.23. The minimum absolute atomic E-state index is 0.116. The fourth-order valence-electron chi connectivity index (χ4n) is 2.49. The quantitative estimate of drug-likeness (QED) is 0.655. The lowest BCUT2D eigenvalue weighted by Crippen LogP contribution is -2.39. The molecule has 1 N–H and O–H groups in total. The van der Waals surface area contributed by atoms with Gasteiger partial charge in [0, 0.05) is 5.69 Å². The number of hydrogen-bond donors (Lipinski definition) is 1. The largest absolute Gasteiger partial charge is 0.460 e. The van der Waals surface area contributed by atoms with Crippen LogP contribution in [-0.4, -0.2) is 11.9 Å². The molecule has 2 rings (SSSR count). The van der Waals surface area contributed by atoms with E-state index in [1.807, 2.05) is 44.2 Å². The van der Waals surface area contributed by atoms with Gasteiger partial charge in [-0.05, 0) is 56.5 Å². The van der Waals surface area contributed by atoms with E-state index in [2.05, 4.69) is 11.4 Å². The second kappa shape index (κ2) is 7.83. The summed E-state index contributed by atoms with van der Waals surface area (Å²) in [6, 6.07) is 14.8. The minimum Gasteiger partial charge on any atom is -0.460 e. The van der Waals surface area contributed by atoms with Crippen molar-refractivity contribution in [3.8, 4) is 6.07 Å². The molecule has 0 unspecified atom stereocenters. The molecule has 0 saturated heterocycles. The van der Waals surface area contributed by atoms with Crippen LogP contribution < -0.4 is 5.32 Å². The molecule has 2 aromatic rings. The highest BCUT2D eigenvalue weighted by molar-refractivity contribution is 6.08. The molecule has 0 bridgehead atoms. The second-order valence-corrected chi connectivity index (χ2v) is 6.74. The molecule has 134 valence electrons. The summed E-state index contributed by atoms with van der Waals surface area (Å²) < 4.78 is 5.31. The van der Waals surface area contributed by atoms with Crippen molar-refractivity contribution in [2.75, 3.05) is 5.32 Å². The first-order valence-electron chi connectivity index (χ1n) is 8.29. The number of ether oxygens (including phenoxy) is 1. The van der Waals surface area contributed by atoms with Crippen molar-refractivity contribution < 1.29 is 14.3 Å². The average Bonchev–Trinajstić information content (AvgIpc) is 2.62. The van der Waals surface area contributed by atoms with E-state index in [0.29, 0.717) is 11.3 Å². The fraction of sp³-hybridized carbons (Fsp3) is 0.286. The maximum absolute atomic E-state index is 12.7. The lowest BCUT2D eigenvalue weighted by molar-refractivity contribution is -0.158. The first kappa shape index (κ1) is 19.2. The Hall–Kier alpha value is -3.13. The number of carbonyl (C=O) groups is 2. The number of rotatable bonds is 5. The van der Waals surface area contributed by atoms with Gasteiger partial charge in [0.2, 0.25) is 5.91 Å². The predicted octanol–water partition coefficient (Wildman–Crippen LogP) is 3.88. The Morgan fingerprint density at radius 2 is 1.69 bits per heavy atom. The molecule has 0 aliphatic heterocycles. The maximum Gasteiger partial charge on any atom is 0.321 e. The number of aryl methyl sites for hydroxylation is 2. The van der Waals surface area contributed by atoms with Crippen LogP contribution in [-0.2, 0) is 20.9 Å². The first-order valence-corrected chi connectivity index (χ1v) is 8.29. The molecule has 0 heterocycles. The number of nitrogens with one attached hydrogen (secondary N) is 1. The van der Waals surface area contributed by atoms with Crippen LogP contribution in [0.5, 0.6) is 0 Å². The normalized spacial score (nSPS) is 10.7. The summed E-state index contributed by atoms with van der Waals surface area (Å²) in [7, 11) is 0. The smallest absolute Gasteiger partial charge is 0.321 e. The molecule has 0 aliphatic carbocycles. The highest BCUT2D eigenvalue weighted by atomic mass is 16.5. The van der Waals surface area contributed by atoms with Crippen LogP contribution in [0.2, 0.25) is 0 Å². The van der Waals surface area contributed by atoms with E-state index in [0.717, 1.165) is 16.7 Å². The summed E-state index contributed by atoms with van der Waals surface area (Å²) in [6.07, 6.45) is 0. The number of benzene rings is 2. The molecule has 0 aliphatic rings. The number of anilines is 1. The van der Waals surface area contributed by atoms with Crippen molar-refractivity contribution in [3.05, 3.63) is 64.7 Å². The Labute approximate surface area is 153 Å². The van der Waals surface area contributed by atoms with Crippen LogP contribution in [0.3, 0.4) is 0 Å². The van der Waals surface area contributed by atoms with Crippen LogP contribution in [0.1, 0.15) is 36.1 Å². The molecule has 0 spiro atoms. The van der Waals surface area contributed by atoms with E-state index in [-0.39, 0.29) is 6.61 Å². The van der Waals surface area contributed by atoms with Gasteiger partial charge in [-0.15, -0.1) is 0 Å². The molecule has 5 heteroatoms. The Kier molecular flexibility index (Phi) is 5.78. The van der Waals surface area contributed by atoms with E-state index in [9.17, 15) is 9.59 Å². The molecule has 26 heavy (non-hydrogen) atoms. The van der Waals surface area contributed by atoms with E-state index < -0.39 is 17.3 Å². The number of amides is 1. The van der Waals surface area contributed by atoms with Crippen LogP contribution in [0, 0.1) is 30.6 Å². The van der Waals surface area contributed by atoms with Crippen LogP contribution in [0.4, 0.5) is 5.69 Å². The van der Waals surface area contributed by atoms with Crippen molar-refractivity contribution in [1.82, 2.24) is 0 Å². The Morgan fingerprint density at radius 1 is 1.12 bits per heavy atom. The molecule has 0 radical (unpaired) electrons. The lowest BCUT2D eigenvalue weighted by atomic mass is 9.92. The summed E-state index contributed by atoms with van der Waals surface area (Å²) in [4.78, 5) is 25.1. The van der Waals surface area contributed by atoms with Gasteiger partial charge < -0.3 is 10.1 Å². The zero-order valence-electron chi connectivity index (χ0n) is 15.4. The van der Waals surface area contributed by atoms with Crippen molar-refractivity contribution in [2.45, 2.75) is 34.3 Å². The van der Waals surface area contributed by atoms with Crippen LogP contribution in [0.25, 0.3) is 0 Å². The SMILES string of the molecule is Cc1cc(C#N)cc(C)c1NC(=O)C(C)(C)C(=O)OCc1ccccc1. The third-order valence-corrected chi connectivity index (χ3v) is 4.19. The van der Waals surface area contributed by atoms with Gasteiger partial charge in [0.05, 0.1) is 11.6 Å². The summed E-state index contributed by atoms with van der Waals surface area (Å²) in [5, 5.41) is 11.8. The number of hydrogen-bond acceptors (Lipinski definition) is 4. The van der Waals surface area contributed by atoms with Crippen molar-refractivity contribution in [2.24, 2.45) is 5.41 Å². The maximum atomic E-state index is 12.7. The summed E-state index contributed by atoms with van der Waals surface area (Å²) >= 11 is 0. The number of esters is 1. The number of nitrogens with zero attached hydrogens (tertiary/aromatic N) is 1. The Morgan fingerprint density at radius 3 is 2.23 bits per heavy atom. The van der Waals surface area contributed by atoms with Crippen molar-refractivity contribution in [1.29, 1.82) is 5.26 Å². The van der Waals surface area contributed by atoms with Gasteiger partial charge in [0.15, 0.2) is 0 Å². The van der Waals surface area contributed by atoms with Gasteiger partial charge in [0.1, 0.15) is 12.0 Å². The molecule has 0 atom stereocenters. The number of carbonyl (C=O) groups excluding carboxylic acids is 2. The van der Waals surface area contributed by atoms with Gasteiger partial charge in [-0.2, -0.15) is 5.26 Å². The molecule has 1 amide bonds. The van der Waals surface area contributed by atoms with Gasteiger partial charge in [0.25, 0.3) is 0 Å². The van der Waals surface area contributed by atoms with Crippen molar-refractivity contribution >= 4 is 17.6 Å². The highest BCUT2D eigenvalue weighted by Gasteiger charge is 2.38. The monoisotopic (exact) mass is 350 g/mol. The van der Waals surface area contributed by atoms with E-state index in [1.54, 1.807) is 12.1 Å². The highest BCUT2D eigenvalue weighted by Crippen LogP contribution is 2.26. The summed E-state index contributed by atoms with van der Waals surface area (Å²) in [5.41, 5.74) is 2.18. The second-order valence-electron chi connectivity index (χ2n) is 6.74. The molecule has 2 aromatic carbocycles. The van der Waals surface area contributed by atoms with Gasteiger partial charge in [-0.25, -0.2) is 0 Å². The standard InChI is InChI=1S/C21H22N2O3/c1-14-10-17(12-22)11-15(2)18(14)23-19(24)21(3,4)20(25)26-13-16-8-6-5-7-9-16/h5-11H,13H2,1-4H3,(H,23,24). The molecule has 5 nitrogen and oxygen atoms in total. The predicted molar refractivity (Wildman–Crippen MR) is 99.3 cm³/mol. The summed E-state index contributed by atoms with van der Waals surface area (Å²) in [5.74, 6) is -1.05. The fourth-order valence-corrected chi connectivity index (χ4v) is 2.49. The van der Waals surface area contributed by atoms with Gasteiger partial charge in [-0.3, -0.25) is 9.59 Å². The average molecular weight is 350 g/mol. The zero-order chi connectivity index (χ0) is 19.3. The van der Waals surface area contributed by atoms with E-state index >= 15 is 0 Å². The van der Waals surface area contributed by atoms with Crippen LogP contribution >= 0.6 is 0 Å². The van der Waals surface area contributed by atoms with Crippen molar-refractivity contribution in [3.63, 3.8) is 0 Å². The van der Waals surface area contributed by atoms with E-state index in [4.69, 9.17) is 10.00 Å². The molecular formula is C21H22N2O3.